The lowest BCUT2D eigenvalue weighted by Crippen LogP contribution is -2.48. The van der Waals surface area contributed by atoms with Crippen molar-refractivity contribution in [2.75, 3.05) is 33.7 Å². The number of nitrogens with one attached hydrogen (secondary N) is 1. The molecule has 1 N–H and O–H groups in total. The summed E-state index contributed by atoms with van der Waals surface area (Å²) >= 11 is 0. The fraction of sp³-hybridized carbons (Fsp3) is 0.818. The first-order valence-corrected chi connectivity index (χ1v) is 5.80. The summed E-state index contributed by atoms with van der Waals surface area (Å²) in [6.45, 7) is 3.86. The lowest BCUT2D eigenvalue weighted by molar-refractivity contribution is -0.126. The minimum absolute atomic E-state index is 0.00556. The van der Waals surface area contributed by atoms with Crippen LogP contribution in [0.4, 0.5) is 4.79 Å². The van der Waals surface area contributed by atoms with Gasteiger partial charge in [-0.3, -0.25) is 4.79 Å². The van der Waals surface area contributed by atoms with Gasteiger partial charge < -0.3 is 15.1 Å². The molecule has 1 unspecified atom stereocenters. The zero-order valence-corrected chi connectivity index (χ0v) is 10.3. The molecule has 1 fully saturated rings. The molecular weight excluding hydrogens is 206 g/mol. The Morgan fingerprint density at radius 1 is 1.44 bits per heavy atom. The van der Waals surface area contributed by atoms with E-state index < -0.39 is 0 Å². The SMILES string of the molecule is CCNC(=O)C1CCCN(C(=O)N(C)C)C1. The van der Waals surface area contributed by atoms with Gasteiger partial charge in [0.25, 0.3) is 0 Å². The number of carbonyl (C=O) groups excluding carboxylic acids is 2. The number of hydrogen-bond acceptors (Lipinski definition) is 2. The molecule has 16 heavy (non-hydrogen) atoms. The number of piperidine rings is 1. The Bertz CT molecular complexity index is 266. The molecule has 1 atom stereocenters. The van der Waals surface area contributed by atoms with Crippen LogP contribution < -0.4 is 5.32 Å². The lowest BCUT2D eigenvalue weighted by Gasteiger charge is -2.33. The smallest absolute Gasteiger partial charge is 0.319 e. The number of urea groups is 1. The Labute approximate surface area is 96.8 Å². The van der Waals surface area contributed by atoms with Gasteiger partial charge in [-0.05, 0) is 19.8 Å². The molecule has 1 aliphatic heterocycles. The molecule has 5 nitrogen and oxygen atoms in total. The van der Waals surface area contributed by atoms with E-state index in [1.807, 2.05) is 6.92 Å². The Morgan fingerprint density at radius 3 is 2.69 bits per heavy atom. The average molecular weight is 227 g/mol. The molecule has 1 rings (SSSR count). The van der Waals surface area contributed by atoms with E-state index in [4.69, 9.17) is 0 Å². The average Bonchev–Trinajstić information content (AvgIpc) is 2.28. The molecule has 3 amide bonds. The third kappa shape index (κ3) is 3.12. The van der Waals surface area contributed by atoms with Gasteiger partial charge in [-0.15, -0.1) is 0 Å². The highest BCUT2D eigenvalue weighted by Gasteiger charge is 2.28. The highest BCUT2D eigenvalue weighted by Crippen LogP contribution is 2.17. The van der Waals surface area contributed by atoms with Crippen molar-refractivity contribution in [1.82, 2.24) is 15.1 Å². The maximum Gasteiger partial charge on any atom is 0.319 e. The quantitative estimate of drug-likeness (QED) is 0.747. The predicted octanol–water partition coefficient (Wildman–Crippen LogP) is 0.516. The van der Waals surface area contributed by atoms with Crippen molar-refractivity contribution in [3.05, 3.63) is 0 Å². The number of amides is 3. The van der Waals surface area contributed by atoms with Crippen LogP contribution in [0.3, 0.4) is 0 Å². The van der Waals surface area contributed by atoms with Crippen molar-refractivity contribution >= 4 is 11.9 Å². The van der Waals surface area contributed by atoms with Crippen LogP contribution in [0.1, 0.15) is 19.8 Å². The molecule has 1 saturated heterocycles. The summed E-state index contributed by atoms with van der Waals surface area (Å²) in [5.41, 5.74) is 0. The monoisotopic (exact) mass is 227 g/mol. The van der Waals surface area contributed by atoms with E-state index in [0.717, 1.165) is 19.4 Å². The van der Waals surface area contributed by atoms with Crippen molar-refractivity contribution in [3.8, 4) is 0 Å². The van der Waals surface area contributed by atoms with E-state index in [1.165, 1.54) is 0 Å². The first-order valence-electron chi connectivity index (χ1n) is 5.80. The van der Waals surface area contributed by atoms with Gasteiger partial charge in [0.05, 0.1) is 5.92 Å². The summed E-state index contributed by atoms with van der Waals surface area (Å²) in [5, 5.41) is 2.81. The molecule has 0 saturated carbocycles. The number of likely N-dealkylation sites (tertiary alicyclic amines) is 1. The standard InChI is InChI=1S/C11H21N3O2/c1-4-12-10(15)9-6-5-7-14(8-9)11(16)13(2)3/h9H,4-8H2,1-3H3,(H,12,15). The minimum Gasteiger partial charge on any atom is -0.356 e. The second-order valence-corrected chi connectivity index (χ2v) is 4.36. The molecule has 0 aromatic heterocycles. The normalized spacial score (nSPS) is 20.4. The topological polar surface area (TPSA) is 52.7 Å². The van der Waals surface area contributed by atoms with Gasteiger partial charge in [0.2, 0.25) is 5.91 Å². The van der Waals surface area contributed by atoms with Crippen LogP contribution in [0.5, 0.6) is 0 Å². The Kier molecular flexibility index (Phi) is 4.58. The lowest BCUT2D eigenvalue weighted by atomic mass is 9.97. The summed E-state index contributed by atoms with van der Waals surface area (Å²) in [6, 6.07) is -0.00556. The van der Waals surface area contributed by atoms with Gasteiger partial charge in [0.1, 0.15) is 0 Å². The molecule has 0 aromatic rings. The van der Waals surface area contributed by atoms with Crippen molar-refractivity contribution in [2.45, 2.75) is 19.8 Å². The van der Waals surface area contributed by atoms with Crippen LogP contribution >= 0.6 is 0 Å². The maximum atomic E-state index is 11.7. The van der Waals surface area contributed by atoms with Gasteiger partial charge in [-0.25, -0.2) is 4.79 Å². The van der Waals surface area contributed by atoms with Crippen molar-refractivity contribution in [3.63, 3.8) is 0 Å². The molecule has 0 aliphatic carbocycles. The van der Waals surface area contributed by atoms with Crippen molar-refractivity contribution in [2.24, 2.45) is 5.92 Å². The Hall–Kier alpha value is -1.26. The maximum absolute atomic E-state index is 11.7. The van der Waals surface area contributed by atoms with E-state index in [9.17, 15) is 9.59 Å². The van der Waals surface area contributed by atoms with Crippen LogP contribution in [0.25, 0.3) is 0 Å². The largest absolute Gasteiger partial charge is 0.356 e. The van der Waals surface area contributed by atoms with E-state index in [0.29, 0.717) is 13.1 Å². The van der Waals surface area contributed by atoms with Crippen LogP contribution in [0.15, 0.2) is 0 Å². The van der Waals surface area contributed by atoms with Crippen LogP contribution in [0, 0.1) is 5.92 Å². The number of carbonyl (C=O) groups is 2. The van der Waals surface area contributed by atoms with Crippen molar-refractivity contribution < 1.29 is 9.59 Å². The number of nitrogens with zero attached hydrogens (tertiary/aromatic N) is 2. The molecule has 0 aromatic carbocycles. The van der Waals surface area contributed by atoms with Gasteiger partial charge in [0.15, 0.2) is 0 Å². The van der Waals surface area contributed by atoms with Gasteiger partial charge in [0, 0.05) is 33.7 Å². The Balaban J connectivity index is 2.53. The number of rotatable bonds is 2. The van der Waals surface area contributed by atoms with E-state index in [-0.39, 0.29) is 17.9 Å². The summed E-state index contributed by atoms with van der Waals surface area (Å²) < 4.78 is 0. The zero-order valence-electron chi connectivity index (χ0n) is 10.3. The fourth-order valence-corrected chi connectivity index (χ4v) is 1.97. The minimum atomic E-state index is -0.0439. The summed E-state index contributed by atoms with van der Waals surface area (Å²) in [7, 11) is 3.47. The summed E-state index contributed by atoms with van der Waals surface area (Å²) in [5.74, 6) is 0.0244. The van der Waals surface area contributed by atoms with Crippen LogP contribution in [-0.4, -0.2) is 55.5 Å². The molecule has 0 spiro atoms. The number of hydrogen-bond donors (Lipinski definition) is 1. The first kappa shape index (κ1) is 12.8. The fourth-order valence-electron chi connectivity index (χ4n) is 1.97. The van der Waals surface area contributed by atoms with E-state index in [2.05, 4.69) is 5.32 Å². The molecular formula is C11H21N3O2. The van der Waals surface area contributed by atoms with Crippen molar-refractivity contribution in [1.29, 1.82) is 0 Å². The summed E-state index contributed by atoms with van der Waals surface area (Å²) in [4.78, 5) is 26.7. The third-order valence-corrected chi connectivity index (χ3v) is 2.80. The van der Waals surface area contributed by atoms with Gasteiger partial charge in [-0.1, -0.05) is 0 Å². The van der Waals surface area contributed by atoms with Crippen LogP contribution in [-0.2, 0) is 4.79 Å². The second kappa shape index (κ2) is 5.72. The van der Waals surface area contributed by atoms with E-state index >= 15 is 0 Å². The zero-order chi connectivity index (χ0) is 12.1. The van der Waals surface area contributed by atoms with Gasteiger partial charge >= 0.3 is 6.03 Å². The summed E-state index contributed by atoms with van der Waals surface area (Å²) in [6.07, 6.45) is 1.78. The molecule has 92 valence electrons. The molecule has 5 heteroatoms. The predicted molar refractivity (Wildman–Crippen MR) is 62.1 cm³/mol. The molecule has 1 heterocycles. The van der Waals surface area contributed by atoms with Gasteiger partial charge in [-0.2, -0.15) is 0 Å². The highest BCUT2D eigenvalue weighted by atomic mass is 16.2. The Morgan fingerprint density at radius 2 is 2.12 bits per heavy atom. The first-order chi connectivity index (χ1) is 7.56. The van der Waals surface area contributed by atoms with Crippen LogP contribution in [0.2, 0.25) is 0 Å². The molecule has 1 aliphatic rings. The van der Waals surface area contributed by atoms with E-state index in [1.54, 1.807) is 23.9 Å². The molecule has 0 radical (unpaired) electrons. The highest BCUT2D eigenvalue weighted by molar-refractivity contribution is 5.80. The third-order valence-electron chi connectivity index (χ3n) is 2.80. The molecule has 0 bridgehead atoms. The second-order valence-electron chi connectivity index (χ2n) is 4.36.